The molecule has 0 aromatic carbocycles. The molecule has 4 heteroatoms. The van der Waals surface area contributed by atoms with Crippen molar-refractivity contribution in [3.8, 4) is 0 Å². The van der Waals surface area contributed by atoms with Crippen molar-refractivity contribution in [1.82, 2.24) is 10.3 Å². The van der Waals surface area contributed by atoms with Crippen LogP contribution in [0.25, 0.3) is 0 Å². The molecule has 1 N–H and O–H groups in total. The van der Waals surface area contributed by atoms with Crippen LogP contribution in [0.1, 0.15) is 51.2 Å². The van der Waals surface area contributed by atoms with Gasteiger partial charge in [-0.3, -0.25) is 0 Å². The second-order valence-corrected chi connectivity index (χ2v) is 7.66. The Balaban J connectivity index is 2.01. The lowest BCUT2D eigenvalue weighted by molar-refractivity contribution is 0.0396. The van der Waals surface area contributed by atoms with Gasteiger partial charge in [-0.15, -0.1) is 11.3 Å². The Hall–Kier alpha value is -0.450. The van der Waals surface area contributed by atoms with Crippen LogP contribution in [0.4, 0.5) is 0 Å². The summed E-state index contributed by atoms with van der Waals surface area (Å²) >= 11 is 1.80. The fraction of sp³-hybridized carbons (Fsp3) is 0.812. The maximum Gasteiger partial charge on any atom is 0.0944 e. The van der Waals surface area contributed by atoms with E-state index in [0.29, 0.717) is 12.0 Å². The molecule has 0 spiro atoms. The first-order valence-electron chi connectivity index (χ1n) is 7.76. The summed E-state index contributed by atoms with van der Waals surface area (Å²) in [6.45, 7) is 11.7. The molecule has 1 saturated heterocycles. The fourth-order valence-electron chi connectivity index (χ4n) is 2.69. The Morgan fingerprint density at radius 2 is 2.30 bits per heavy atom. The van der Waals surface area contributed by atoms with Crippen molar-refractivity contribution in [2.75, 3.05) is 19.8 Å². The van der Waals surface area contributed by atoms with Crippen LogP contribution in [0.2, 0.25) is 0 Å². The Morgan fingerprint density at radius 1 is 1.50 bits per heavy atom. The second-order valence-electron chi connectivity index (χ2n) is 6.72. The zero-order valence-electron chi connectivity index (χ0n) is 13.2. The van der Waals surface area contributed by atoms with Crippen molar-refractivity contribution in [3.63, 3.8) is 0 Å². The Kier molecular flexibility index (Phi) is 5.58. The first-order chi connectivity index (χ1) is 9.50. The minimum atomic E-state index is 0.149. The number of hydrogen-bond acceptors (Lipinski definition) is 4. The van der Waals surface area contributed by atoms with Crippen molar-refractivity contribution in [3.05, 3.63) is 16.1 Å². The molecule has 3 nitrogen and oxygen atoms in total. The zero-order chi connectivity index (χ0) is 14.6. The number of aromatic nitrogens is 1. The molecule has 1 aromatic heterocycles. The molecule has 1 aliphatic rings. The van der Waals surface area contributed by atoms with Crippen molar-refractivity contribution >= 4 is 11.3 Å². The average Bonchev–Trinajstić information content (AvgIpc) is 2.88. The van der Waals surface area contributed by atoms with E-state index in [-0.39, 0.29) is 5.41 Å². The molecule has 0 bridgehead atoms. The molecule has 20 heavy (non-hydrogen) atoms. The molecule has 0 aliphatic carbocycles. The van der Waals surface area contributed by atoms with Gasteiger partial charge in [0.15, 0.2) is 0 Å². The summed E-state index contributed by atoms with van der Waals surface area (Å²) in [5.41, 5.74) is 1.36. The molecule has 0 radical (unpaired) electrons. The van der Waals surface area contributed by atoms with E-state index in [1.54, 1.807) is 11.3 Å². The number of ether oxygens (including phenoxy) is 1. The molecule has 1 aromatic rings. The van der Waals surface area contributed by atoms with Gasteiger partial charge >= 0.3 is 0 Å². The standard InChI is InChI=1S/C16H28N2OS/c1-5-17-13(12-7-6-8-19-10-12)9-15-18-14(11-20-15)16(2,3)4/h11-13,17H,5-10H2,1-4H3. The van der Waals surface area contributed by atoms with Crippen molar-refractivity contribution < 1.29 is 4.74 Å². The molecular formula is C16H28N2OS. The Bertz CT molecular complexity index is 405. The van der Waals surface area contributed by atoms with E-state index < -0.39 is 0 Å². The summed E-state index contributed by atoms with van der Waals surface area (Å²) in [6.07, 6.45) is 3.50. The topological polar surface area (TPSA) is 34.2 Å². The highest BCUT2D eigenvalue weighted by molar-refractivity contribution is 7.09. The fourth-order valence-corrected chi connectivity index (χ4v) is 3.77. The van der Waals surface area contributed by atoms with Crippen LogP contribution in [0.5, 0.6) is 0 Å². The zero-order valence-corrected chi connectivity index (χ0v) is 14.1. The number of thiazole rings is 1. The molecule has 114 valence electrons. The van der Waals surface area contributed by atoms with Gasteiger partial charge in [0, 0.05) is 29.9 Å². The molecule has 2 rings (SSSR count). The first-order valence-corrected chi connectivity index (χ1v) is 8.64. The SMILES string of the molecule is CCNC(Cc1nc(C(C)(C)C)cs1)C1CCCOC1. The molecule has 0 amide bonds. The Morgan fingerprint density at radius 3 is 2.85 bits per heavy atom. The minimum Gasteiger partial charge on any atom is -0.381 e. The van der Waals surface area contributed by atoms with Gasteiger partial charge in [-0.2, -0.15) is 0 Å². The van der Waals surface area contributed by atoms with Crippen LogP contribution in [-0.2, 0) is 16.6 Å². The van der Waals surface area contributed by atoms with E-state index >= 15 is 0 Å². The van der Waals surface area contributed by atoms with Crippen LogP contribution in [0.15, 0.2) is 5.38 Å². The van der Waals surface area contributed by atoms with E-state index in [1.165, 1.54) is 23.5 Å². The van der Waals surface area contributed by atoms with Gasteiger partial charge in [-0.05, 0) is 25.3 Å². The molecule has 1 aliphatic heterocycles. The van der Waals surface area contributed by atoms with Crippen molar-refractivity contribution in [2.45, 2.75) is 58.4 Å². The highest BCUT2D eigenvalue weighted by Gasteiger charge is 2.25. The van der Waals surface area contributed by atoms with Gasteiger partial charge in [-0.1, -0.05) is 27.7 Å². The predicted molar refractivity (Wildman–Crippen MR) is 85.5 cm³/mol. The average molecular weight is 296 g/mol. The van der Waals surface area contributed by atoms with Crippen LogP contribution in [-0.4, -0.2) is 30.8 Å². The van der Waals surface area contributed by atoms with Crippen LogP contribution >= 0.6 is 11.3 Å². The third-order valence-corrected chi connectivity index (χ3v) is 4.82. The summed E-state index contributed by atoms with van der Waals surface area (Å²) in [5, 5.41) is 7.11. The number of nitrogens with one attached hydrogen (secondary N) is 1. The van der Waals surface area contributed by atoms with E-state index in [2.05, 4.69) is 38.4 Å². The maximum absolute atomic E-state index is 5.65. The normalized spacial score (nSPS) is 21.9. The first kappa shape index (κ1) is 15.9. The highest BCUT2D eigenvalue weighted by Crippen LogP contribution is 2.26. The second kappa shape index (κ2) is 7.01. The third kappa shape index (κ3) is 4.27. The van der Waals surface area contributed by atoms with Crippen LogP contribution < -0.4 is 5.32 Å². The summed E-state index contributed by atoms with van der Waals surface area (Å²) < 4.78 is 5.65. The minimum absolute atomic E-state index is 0.149. The monoisotopic (exact) mass is 296 g/mol. The Labute approximate surface area is 127 Å². The maximum atomic E-state index is 5.65. The van der Waals surface area contributed by atoms with E-state index in [9.17, 15) is 0 Å². The quantitative estimate of drug-likeness (QED) is 0.904. The molecule has 2 heterocycles. The lowest BCUT2D eigenvalue weighted by atomic mass is 9.91. The summed E-state index contributed by atoms with van der Waals surface area (Å²) in [6, 6.07) is 0.499. The van der Waals surface area contributed by atoms with Gasteiger partial charge in [0.05, 0.1) is 17.3 Å². The summed E-state index contributed by atoms with van der Waals surface area (Å²) in [4.78, 5) is 4.84. The molecule has 0 saturated carbocycles. The summed E-state index contributed by atoms with van der Waals surface area (Å²) in [7, 11) is 0. The molecule has 2 atom stereocenters. The van der Waals surface area contributed by atoms with Crippen molar-refractivity contribution in [1.29, 1.82) is 0 Å². The van der Waals surface area contributed by atoms with Gasteiger partial charge in [0.1, 0.15) is 0 Å². The lowest BCUT2D eigenvalue weighted by Gasteiger charge is -2.30. The number of likely N-dealkylation sites (N-methyl/N-ethyl adjacent to an activating group) is 1. The third-order valence-electron chi connectivity index (χ3n) is 3.95. The van der Waals surface area contributed by atoms with Gasteiger partial charge < -0.3 is 10.1 Å². The van der Waals surface area contributed by atoms with Crippen LogP contribution in [0.3, 0.4) is 0 Å². The van der Waals surface area contributed by atoms with E-state index in [4.69, 9.17) is 9.72 Å². The number of hydrogen-bond donors (Lipinski definition) is 1. The molecule has 2 unspecified atom stereocenters. The van der Waals surface area contributed by atoms with Crippen LogP contribution in [0, 0.1) is 5.92 Å². The van der Waals surface area contributed by atoms with E-state index in [0.717, 1.165) is 26.2 Å². The number of nitrogens with zero attached hydrogens (tertiary/aromatic N) is 1. The summed E-state index contributed by atoms with van der Waals surface area (Å²) in [5.74, 6) is 0.630. The van der Waals surface area contributed by atoms with Gasteiger partial charge in [0.25, 0.3) is 0 Å². The molecular weight excluding hydrogens is 268 g/mol. The lowest BCUT2D eigenvalue weighted by Crippen LogP contribution is -2.41. The number of rotatable bonds is 5. The van der Waals surface area contributed by atoms with Gasteiger partial charge in [0.2, 0.25) is 0 Å². The highest BCUT2D eigenvalue weighted by atomic mass is 32.1. The smallest absolute Gasteiger partial charge is 0.0944 e. The van der Waals surface area contributed by atoms with Gasteiger partial charge in [-0.25, -0.2) is 4.98 Å². The van der Waals surface area contributed by atoms with Crippen molar-refractivity contribution in [2.24, 2.45) is 5.92 Å². The van der Waals surface area contributed by atoms with E-state index in [1.807, 2.05) is 0 Å². The predicted octanol–water partition coefficient (Wildman–Crippen LogP) is 3.39. The molecule has 1 fully saturated rings. The largest absolute Gasteiger partial charge is 0.381 e.